The number of esters is 2. The number of hydrogen-bond donors (Lipinski definition) is 1. The fraction of sp³-hybridized carbons (Fsp3) is 0.261. The van der Waals surface area contributed by atoms with Crippen LogP contribution in [0.15, 0.2) is 36.4 Å². The lowest BCUT2D eigenvalue weighted by molar-refractivity contribution is -0.152. The van der Waals surface area contributed by atoms with Crippen molar-refractivity contribution >= 4 is 29.6 Å². The summed E-state index contributed by atoms with van der Waals surface area (Å²) in [7, 11) is 5.91. The van der Waals surface area contributed by atoms with Crippen molar-refractivity contribution in [1.29, 1.82) is 0 Å². The van der Waals surface area contributed by atoms with Crippen LogP contribution in [-0.2, 0) is 19.1 Å². The van der Waals surface area contributed by atoms with Crippen LogP contribution in [0, 0.1) is 0 Å². The van der Waals surface area contributed by atoms with Crippen molar-refractivity contribution < 1.29 is 42.8 Å². The zero-order chi connectivity index (χ0) is 24.4. The second-order valence-electron chi connectivity index (χ2n) is 6.39. The molecule has 2 aromatic carbocycles. The van der Waals surface area contributed by atoms with Crippen molar-refractivity contribution in [3.8, 4) is 28.7 Å². The molecule has 0 heterocycles. The van der Waals surface area contributed by atoms with E-state index in [9.17, 15) is 14.4 Å². The maximum Gasteiger partial charge on any atom is 0.349 e. The molecule has 0 aromatic heterocycles. The SMILES string of the molecule is COc1cc(OC)c(/C=C/C(=O)Nc2ccc(OC)c(OC(=O)COC(C)=O)c2)c(OC)c1. The Bertz CT molecular complexity index is 1020. The van der Waals surface area contributed by atoms with Gasteiger partial charge in [-0.2, -0.15) is 0 Å². The van der Waals surface area contributed by atoms with E-state index >= 15 is 0 Å². The van der Waals surface area contributed by atoms with Crippen LogP contribution in [0.3, 0.4) is 0 Å². The van der Waals surface area contributed by atoms with Crippen LogP contribution in [0.4, 0.5) is 5.69 Å². The fourth-order valence-electron chi connectivity index (χ4n) is 2.69. The van der Waals surface area contributed by atoms with Crippen LogP contribution in [0.25, 0.3) is 6.08 Å². The molecule has 2 rings (SSSR count). The van der Waals surface area contributed by atoms with Crippen molar-refractivity contribution in [1.82, 2.24) is 0 Å². The average Bonchev–Trinajstić information content (AvgIpc) is 2.81. The van der Waals surface area contributed by atoms with Gasteiger partial charge in [-0.15, -0.1) is 0 Å². The molecular weight excluding hydrogens is 434 g/mol. The van der Waals surface area contributed by atoms with Gasteiger partial charge in [0.2, 0.25) is 5.91 Å². The van der Waals surface area contributed by atoms with Gasteiger partial charge < -0.3 is 33.7 Å². The number of ether oxygens (including phenoxy) is 6. The van der Waals surface area contributed by atoms with Crippen molar-refractivity contribution in [2.75, 3.05) is 40.4 Å². The van der Waals surface area contributed by atoms with E-state index in [1.165, 1.54) is 59.6 Å². The predicted octanol–water partition coefficient (Wildman–Crippen LogP) is 2.84. The normalized spacial score (nSPS) is 10.3. The Morgan fingerprint density at radius 3 is 2.03 bits per heavy atom. The largest absolute Gasteiger partial charge is 0.496 e. The third-order valence-electron chi connectivity index (χ3n) is 4.20. The summed E-state index contributed by atoms with van der Waals surface area (Å²) in [5.41, 5.74) is 0.889. The van der Waals surface area contributed by atoms with Gasteiger partial charge in [0.15, 0.2) is 18.1 Å². The maximum atomic E-state index is 12.5. The summed E-state index contributed by atoms with van der Waals surface area (Å²) in [6, 6.07) is 7.83. The molecule has 0 radical (unpaired) electrons. The maximum absolute atomic E-state index is 12.5. The summed E-state index contributed by atoms with van der Waals surface area (Å²) in [6.45, 7) is 0.623. The number of carbonyl (C=O) groups is 3. The van der Waals surface area contributed by atoms with E-state index in [1.807, 2.05) is 0 Å². The summed E-state index contributed by atoms with van der Waals surface area (Å²) in [5, 5.41) is 2.66. The minimum absolute atomic E-state index is 0.0509. The van der Waals surface area contributed by atoms with Crippen LogP contribution in [-0.4, -0.2) is 52.9 Å². The molecule has 0 aliphatic carbocycles. The lowest BCUT2D eigenvalue weighted by atomic mass is 10.1. The van der Waals surface area contributed by atoms with Gasteiger partial charge >= 0.3 is 11.9 Å². The standard InChI is InChI=1S/C23H25NO9/c1-14(25)32-13-23(27)33-21-10-15(6-8-18(21)29-3)24-22(26)9-7-17-19(30-4)11-16(28-2)12-20(17)31-5/h6-12H,13H2,1-5H3,(H,24,26)/b9-7+. The first kappa shape index (κ1) is 25.1. The Morgan fingerprint density at radius 2 is 1.48 bits per heavy atom. The molecule has 0 saturated heterocycles. The van der Waals surface area contributed by atoms with Crippen molar-refractivity contribution in [2.45, 2.75) is 6.92 Å². The molecule has 0 spiro atoms. The molecule has 0 fully saturated rings. The lowest BCUT2D eigenvalue weighted by Gasteiger charge is -2.13. The highest BCUT2D eigenvalue weighted by molar-refractivity contribution is 6.02. The first-order valence-corrected chi connectivity index (χ1v) is 9.62. The molecule has 1 amide bonds. The van der Waals surface area contributed by atoms with Crippen LogP contribution < -0.4 is 29.0 Å². The van der Waals surface area contributed by atoms with E-state index in [0.29, 0.717) is 28.5 Å². The van der Waals surface area contributed by atoms with Crippen molar-refractivity contribution in [3.63, 3.8) is 0 Å². The smallest absolute Gasteiger partial charge is 0.349 e. The number of methoxy groups -OCH3 is 4. The quantitative estimate of drug-likeness (QED) is 0.325. The molecule has 0 saturated carbocycles. The van der Waals surface area contributed by atoms with E-state index in [4.69, 9.17) is 23.7 Å². The summed E-state index contributed by atoms with van der Waals surface area (Å²) in [5.74, 6) is -0.107. The Labute approximate surface area is 191 Å². The average molecular weight is 459 g/mol. The van der Waals surface area contributed by atoms with Gasteiger partial charge in [0.25, 0.3) is 0 Å². The van der Waals surface area contributed by atoms with Gasteiger partial charge in [0, 0.05) is 36.9 Å². The highest BCUT2D eigenvalue weighted by Gasteiger charge is 2.14. The van der Waals surface area contributed by atoms with Crippen LogP contribution in [0.1, 0.15) is 12.5 Å². The van der Waals surface area contributed by atoms with Crippen LogP contribution >= 0.6 is 0 Å². The van der Waals surface area contributed by atoms with E-state index in [1.54, 1.807) is 18.2 Å². The Morgan fingerprint density at radius 1 is 0.848 bits per heavy atom. The molecule has 10 nitrogen and oxygen atoms in total. The number of hydrogen-bond acceptors (Lipinski definition) is 9. The van der Waals surface area contributed by atoms with E-state index < -0.39 is 24.5 Å². The number of nitrogens with one attached hydrogen (secondary N) is 1. The number of rotatable bonds is 10. The third kappa shape index (κ3) is 7.17. The highest BCUT2D eigenvalue weighted by atomic mass is 16.6. The van der Waals surface area contributed by atoms with Gasteiger partial charge in [-0.25, -0.2) is 4.79 Å². The molecule has 0 aliphatic rings. The topological polar surface area (TPSA) is 119 Å². The highest BCUT2D eigenvalue weighted by Crippen LogP contribution is 2.35. The minimum Gasteiger partial charge on any atom is -0.496 e. The fourth-order valence-corrected chi connectivity index (χ4v) is 2.69. The zero-order valence-corrected chi connectivity index (χ0v) is 18.9. The van der Waals surface area contributed by atoms with Gasteiger partial charge in [-0.3, -0.25) is 9.59 Å². The summed E-state index contributed by atoms with van der Waals surface area (Å²) < 4.78 is 30.9. The molecule has 33 heavy (non-hydrogen) atoms. The Kier molecular flexibility index (Phi) is 9.10. The van der Waals surface area contributed by atoms with Gasteiger partial charge in [-0.1, -0.05) is 0 Å². The summed E-state index contributed by atoms with van der Waals surface area (Å²) in [6.07, 6.45) is 2.83. The second-order valence-corrected chi connectivity index (χ2v) is 6.39. The molecule has 176 valence electrons. The number of benzene rings is 2. The van der Waals surface area contributed by atoms with Gasteiger partial charge in [0.05, 0.1) is 34.0 Å². The number of amides is 1. The molecule has 2 aromatic rings. The monoisotopic (exact) mass is 459 g/mol. The number of carbonyl (C=O) groups excluding carboxylic acids is 3. The van der Waals surface area contributed by atoms with Crippen molar-refractivity contribution in [2.24, 2.45) is 0 Å². The summed E-state index contributed by atoms with van der Waals surface area (Å²) in [4.78, 5) is 35.2. The molecule has 10 heteroatoms. The van der Waals surface area contributed by atoms with E-state index in [0.717, 1.165) is 0 Å². The summed E-state index contributed by atoms with van der Waals surface area (Å²) >= 11 is 0. The first-order valence-electron chi connectivity index (χ1n) is 9.62. The molecule has 1 N–H and O–H groups in total. The number of anilines is 1. The van der Waals surface area contributed by atoms with E-state index in [-0.39, 0.29) is 11.5 Å². The minimum atomic E-state index is -0.800. The molecule has 0 bridgehead atoms. The van der Waals surface area contributed by atoms with E-state index in [2.05, 4.69) is 10.1 Å². The van der Waals surface area contributed by atoms with Gasteiger partial charge in [0.1, 0.15) is 17.2 Å². The zero-order valence-electron chi connectivity index (χ0n) is 18.9. The van der Waals surface area contributed by atoms with Gasteiger partial charge in [-0.05, 0) is 18.2 Å². The predicted molar refractivity (Wildman–Crippen MR) is 119 cm³/mol. The molecule has 0 atom stereocenters. The molecule has 0 unspecified atom stereocenters. The Balaban J connectivity index is 2.18. The second kappa shape index (κ2) is 12.0. The van der Waals surface area contributed by atoms with Crippen LogP contribution in [0.2, 0.25) is 0 Å². The third-order valence-corrected chi connectivity index (χ3v) is 4.20. The molecule has 0 aliphatic heterocycles. The lowest BCUT2D eigenvalue weighted by Crippen LogP contribution is -2.18. The molecular formula is C23H25NO9. The van der Waals surface area contributed by atoms with Crippen LogP contribution in [0.5, 0.6) is 28.7 Å². The Hall–Kier alpha value is -4.21. The van der Waals surface area contributed by atoms with Crippen molar-refractivity contribution in [3.05, 3.63) is 42.0 Å². The first-order chi connectivity index (χ1) is 15.8.